The van der Waals surface area contributed by atoms with Gasteiger partial charge >= 0.3 is 0 Å². The van der Waals surface area contributed by atoms with Gasteiger partial charge in [0.2, 0.25) is 0 Å². The van der Waals surface area contributed by atoms with Crippen LogP contribution in [0.4, 0.5) is 0 Å². The normalized spacial score (nSPS) is 19.1. The van der Waals surface area contributed by atoms with Crippen LogP contribution in [0.5, 0.6) is 0 Å². The number of aliphatic hydroxyl groups excluding tert-OH is 2. The van der Waals surface area contributed by atoms with Crippen molar-refractivity contribution >= 4 is 8.32 Å². The monoisotopic (exact) mass is 318 g/mol. The lowest BCUT2D eigenvalue weighted by atomic mass is 9.85. The molecule has 0 saturated carbocycles. The SMILES string of the molecule is CC[C@@H](CO[Si](C)(C)C(C)(C)C)[C@@H](O)[C@@H](C)C[C@@H](C)CO. The van der Waals surface area contributed by atoms with Crippen LogP contribution in [-0.4, -0.2) is 37.8 Å². The van der Waals surface area contributed by atoms with Gasteiger partial charge in [-0.3, -0.25) is 0 Å². The first-order chi connectivity index (χ1) is 9.46. The zero-order valence-electron chi connectivity index (χ0n) is 15.4. The molecule has 128 valence electrons. The topological polar surface area (TPSA) is 49.7 Å². The fourth-order valence-corrected chi connectivity index (χ4v) is 3.37. The molecule has 0 rings (SSSR count). The van der Waals surface area contributed by atoms with E-state index >= 15 is 0 Å². The second-order valence-corrected chi connectivity index (χ2v) is 13.0. The van der Waals surface area contributed by atoms with E-state index in [0.29, 0.717) is 6.61 Å². The van der Waals surface area contributed by atoms with Gasteiger partial charge in [-0.15, -0.1) is 0 Å². The van der Waals surface area contributed by atoms with Crippen LogP contribution in [0.15, 0.2) is 0 Å². The molecule has 0 aliphatic rings. The summed E-state index contributed by atoms with van der Waals surface area (Å²) in [5, 5.41) is 19.9. The quantitative estimate of drug-likeness (QED) is 0.631. The van der Waals surface area contributed by atoms with Crippen molar-refractivity contribution in [1.29, 1.82) is 0 Å². The van der Waals surface area contributed by atoms with Gasteiger partial charge in [0.15, 0.2) is 8.32 Å². The van der Waals surface area contributed by atoms with E-state index in [4.69, 9.17) is 9.53 Å². The minimum atomic E-state index is -1.75. The molecule has 3 nitrogen and oxygen atoms in total. The van der Waals surface area contributed by atoms with Gasteiger partial charge in [0, 0.05) is 19.1 Å². The number of aliphatic hydroxyl groups is 2. The molecule has 0 aliphatic heterocycles. The van der Waals surface area contributed by atoms with Crippen molar-refractivity contribution in [2.75, 3.05) is 13.2 Å². The number of rotatable bonds is 9. The van der Waals surface area contributed by atoms with E-state index in [-0.39, 0.29) is 35.5 Å². The summed E-state index contributed by atoms with van der Waals surface area (Å²) in [5.41, 5.74) is 0. The first-order valence-corrected chi connectivity index (χ1v) is 11.3. The van der Waals surface area contributed by atoms with Crippen LogP contribution in [0.1, 0.15) is 54.4 Å². The van der Waals surface area contributed by atoms with Crippen LogP contribution in [0.2, 0.25) is 18.1 Å². The second kappa shape index (κ2) is 8.66. The maximum atomic E-state index is 10.6. The van der Waals surface area contributed by atoms with Crippen LogP contribution in [0.25, 0.3) is 0 Å². The van der Waals surface area contributed by atoms with E-state index in [1.54, 1.807) is 0 Å². The Kier molecular flexibility index (Phi) is 8.70. The molecule has 0 radical (unpaired) electrons. The standard InChI is InChI=1S/C17H38O3Si/c1-9-15(12-20-21(7,8)17(4,5)6)16(19)14(3)10-13(2)11-18/h13-16,18-19H,9-12H2,1-8H3/t13-,14+,15+,16+/m1/s1. The highest BCUT2D eigenvalue weighted by atomic mass is 28.4. The summed E-state index contributed by atoms with van der Waals surface area (Å²) in [6.45, 7) is 18.3. The second-order valence-electron chi connectivity index (χ2n) is 8.23. The molecule has 0 saturated heterocycles. The first-order valence-electron chi connectivity index (χ1n) is 8.39. The van der Waals surface area contributed by atoms with E-state index in [0.717, 1.165) is 12.8 Å². The summed E-state index contributed by atoms with van der Waals surface area (Å²) < 4.78 is 6.28. The zero-order chi connectivity index (χ0) is 16.8. The average Bonchev–Trinajstić information content (AvgIpc) is 2.37. The molecule has 21 heavy (non-hydrogen) atoms. The molecular weight excluding hydrogens is 280 g/mol. The average molecular weight is 319 g/mol. The van der Waals surface area contributed by atoms with E-state index in [9.17, 15) is 5.11 Å². The largest absolute Gasteiger partial charge is 0.416 e. The lowest BCUT2D eigenvalue weighted by Crippen LogP contribution is -2.43. The molecule has 0 aromatic carbocycles. The minimum Gasteiger partial charge on any atom is -0.416 e. The highest BCUT2D eigenvalue weighted by Gasteiger charge is 2.38. The predicted molar refractivity (Wildman–Crippen MR) is 93.0 cm³/mol. The Morgan fingerprint density at radius 1 is 1.14 bits per heavy atom. The fourth-order valence-electron chi connectivity index (χ4n) is 2.30. The molecule has 2 N–H and O–H groups in total. The van der Waals surface area contributed by atoms with Crippen LogP contribution in [0.3, 0.4) is 0 Å². The molecule has 0 bridgehead atoms. The smallest absolute Gasteiger partial charge is 0.191 e. The molecular formula is C17H38O3Si. The lowest BCUT2D eigenvalue weighted by Gasteiger charge is -2.38. The Morgan fingerprint density at radius 3 is 2.05 bits per heavy atom. The summed E-state index contributed by atoms with van der Waals surface area (Å²) in [6.07, 6.45) is 1.43. The summed E-state index contributed by atoms with van der Waals surface area (Å²) in [5.74, 6) is 0.619. The molecule has 0 heterocycles. The molecule has 0 aromatic heterocycles. The summed E-state index contributed by atoms with van der Waals surface area (Å²) in [4.78, 5) is 0. The molecule has 0 unspecified atom stereocenters. The first kappa shape index (κ1) is 21.1. The fraction of sp³-hybridized carbons (Fsp3) is 1.00. The highest BCUT2D eigenvalue weighted by Crippen LogP contribution is 2.37. The summed E-state index contributed by atoms with van der Waals surface area (Å²) >= 11 is 0. The third kappa shape index (κ3) is 6.81. The number of hydrogen-bond acceptors (Lipinski definition) is 3. The molecule has 0 fully saturated rings. The molecule has 0 aromatic rings. The van der Waals surface area contributed by atoms with Crippen molar-refractivity contribution in [2.45, 2.75) is 78.6 Å². The van der Waals surface area contributed by atoms with Crippen molar-refractivity contribution in [3.05, 3.63) is 0 Å². The maximum absolute atomic E-state index is 10.6. The van der Waals surface area contributed by atoms with Crippen molar-refractivity contribution in [3.63, 3.8) is 0 Å². The van der Waals surface area contributed by atoms with E-state index < -0.39 is 8.32 Å². The van der Waals surface area contributed by atoms with Crippen molar-refractivity contribution < 1.29 is 14.6 Å². The lowest BCUT2D eigenvalue weighted by molar-refractivity contribution is 0.0187. The van der Waals surface area contributed by atoms with Gasteiger partial charge in [-0.1, -0.05) is 41.5 Å². The van der Waals surface area contributed by atoms with Crippen molar-refractivity contribution in [2.24, 2.45) is 17.8 Å². The Labute approximate surface area is 133 Å². The van der Waals surface area contributed by atoms with Gasteiger partial charge in [-0.25, -0.2) is 0 Å². The Balaban J connectivity index is 4.58. The molecule has 4 heteroatoms. The van der Waals surface area contributed by atoms with Gasteiger partial charge in [-0.2, -0.15) is 0 Å². The molecule has 0 amide bonds. The van der Waals surface area contributed by atoms with Gasteiger partial charge in [-0.05, 0) is 42.8 Å². The van der Waals surface area contributed by atoms with Crippen molar-refractivity contribution in [1.82, 2.24) is 0 Å². The van der Waals surface area contributed by atoms with Gasteiger partial charge in [0.25, 0.3) is 0 Å². The summed E-state index contributed by atoms with van der Waals surface area (Å²) in [7, 11) is -1.75. The third-order valence-corrected chi connectivity index (χ3v) is 9.64. The van der Waals surface area contributed by atoms with E-state index in [1.807, 2.05) is 6.92 Å². The Morgan fingerprint density at radius 2 is 1.67 bits per heavy atom. The van der Waals surface area contributed by atoms with E-state index in [2.05, 4.69) is 47.7 Å². The molecule has 0 aliphatic carbocycles. The molecule has 0 spiro atoms. The van der Waals surface area contributed by atoms with Crippen LogP contribution >= 0.6 is 0 Å². The Hall–Kier alpha value is 0.0969. The van der Waals surface area contributed by atoms with E-state index in [1.165, 1.54) is 0 Å². The van der Waals surface area contributed by atoms with Gasteiger partial charge < -0.3 is 14.6 Å². The maximum Gasteiger partial charge on any atom is 0.191 e. The Bertz CT molecular complexity index is 286. The van der Waals surface area contributed by atoms with Crippen LogP contribution in [0, 0.1) is 17.8 Å². The van der Waals surface area contributed by atoms with Crippen molar-refractivity contribution in [3.8, 4) is 0 Å². The summed E-state index contributed by atoms with van der Waals surface area (Å²) in [6, 6.07) is 0. The van der Waals surface area contributed by atoms with Gasteiger partial charge in [0.05, 0.1) is 6.10 Å². The molecule has 4 atom stereocenters. The highest BCUT2D eigenvalue weighted by molar-refractivity contribution is 6.74. The van der Waals surface area contributed by atoms with Gasteiger partial charge in [0.1, 0.15) is 0 Å². The third-order valence-electron chi connectivity index (χ3n) is 5.14. The minimum absolute atomic E-state index is 0.181. The predicted octanol–water partition coefficient (Wildman–Crippen LogP) is 4.05. The number of hydrogen-bond donors (Lipinski definition) is 2. The zero-order valence-corrected chi connectivity index (χ0v) is 16.4. The van der Waals surface area contributed by atoms with Crippen LogP contribution in [-0.2, 0) is 4.43 Å². The van der Waals surface area contributed by atoms with Crippen LogP contribution < -0.4 is 0 Å².